The fraction of sp³-hybridized carbons (Fsp3) is 0.188. The van der Waals surface area contributed by atoms with Crippen LogP contribution in [-0.4, -0.2) is 16.7 Å². The van der Waals surface area contributed by atoms with Crippen LogP contribution in [0.3, 0.4) is 0 Å². The van der Waals surface area contributed by atoms with Gasteiger partial charge in [0.05, 0.1) is 16.8 Å². The molecule has 2 aromatic heterocycles. The van der Waals surface area contributed by atoms with E-state index in [0.717, 1.165) is 36.3 Å². The van der Waals surface area contributed by atoms with Gasteiger partial charge in [0.25, 0.3) is 0 Å². The van der Waals surface area contributed by atoms with Crippen molar-refractivity contribution in [1.29, 1.82) is 0 Å². The molecule has 0 atom stereocenters. The van der Waals surface area contributed by atoms with E-state index in [9.17, 15) is 4.39 Å². The van der Waals surface area contributed by atoms with Crippen molar-refractivity contribution in [1.82, 2.24) is 15.5 Å². The standard InChI is InChI=1S/C16H16FN3S/c17-14-5-3-12(4-6-14)7-8-18-10-13-11-19-20-16(13)15-2-1-9-21-15/h1-6,9,11,18H,7-8,10H2,(H,19,20). The van der Waals surface area contributed by atoms with Crippen LogP contribution in [0.4, 0.5) is 4.39 Å². The minimum absolute atomic E-state index is 0.189. The molecule has 3 nitrogen and oxygen atoms in total. The van der Waals surface area contributed by atoms with Crippen LogP contribution in [-0.2, 0) is 13.0 Å². The zero-order valence-corrected chi connectivity index (χ0v) is 12.3. The molecule has 108 valence electrons. The number of halogens is 1. The first-order chi connectivity index (χ1) is 10.3. The largest absolute Gasteiger partial charge is 0.312 e. The van der Waals surface area contributed by atoms with E-state index in [-0.39, 0.29) is 5.82 Å². The molecule has 0 amide bonds. The molecular weight excluding hydrogens is 285 g/mol. The van der Waals surface area contributed by atoms with E-state index >= 15 is 0 Å². The van der Waals surface area contributed by atoms with Crippen molar-refractivity contribution in [3.05, 3.63) is 64.9 Å². The monoisotopic (exact) mass is 301 g/mol. The highest BCUT2D eigenvalue weighted by Crippen LogP contribution is 2.25. The van der Waals surface area contributed by atoms with Crippen LogP contribution in [0, 0.1) is 5.82 Å². The van der Waals surface area contributed by atoms with E-state index in [1.165, 1.54) is 17.0 Å². The average Bonchev–Trinajstić information content (AvgIpc) is 3.16. The molecule has 2 N–H and O–H groups in total. The SMILES string of the molecule is Fc1ccc(CCNCc2cn[nH]c2-c2cccs2)cc1. The summed E-state index contributed by atoms with van der Waals surface area (Å²) in [6.45, 7) is 1.62. The highest BCUT2D eigenvalue weighted by atomic mass is 32.1. The van der Waals surface area contributed by atoms with Gasteiger partial charge in [0.1, 0.15) is 5.82 Å². The number of aromatic amines is 1. The summed E-state index contributed by atoms with van der Waals surface area (Å²) in [5.41, 5.74) is 3.38. The molecule has 0 bridgehead atoms. The number of H-pyrrole nitrogens is 1. The summed E-state index contributed by atoms with van der Waals surface area (Å²) in [6, 6.07) is 10.8. The summed E-state index contributed by atoms with van der Waals surface area (Å²) in [5.74, 6) is -0.189. The lowest BCUT2D eigenvalue weighted by Crippen LogP contribution is -2.16. The number of aromatic nitrogens is 2. The smallest absolute Gasteiger partial charge is 0.123 e. The third-order valence-corrected chi connectivity index (χ3v) is 4.19. The molecule has 0 unspecified atom stereocenters. The molecule has 2 heterocycles. The lowest BCUT2D eigenvalue weighted by atomic mass is 10.1. The maximum absolute atomic E-state index is 12.8. The Morgan fingerprint density at radius 1 is 1.19 bits per heavy atom. The summed E-state index contributed by atoms with van der Waals surface area (Å²) in [5, 5.41) is 12.6. The van der Waals surface area contributed by atoms with Gasteiger partial charge in [-0.1, -0.05) is 18.2 Å². The van der Waals surface area contributed by atoms with Crippen molar-refractivity contribution in [3.63, 3.8) is 0 Å². The topological polar surface area (TPSA) is 40.7 Å². The zero-order chi connectivity index (χ0) is 14.5. The minimum atomic E-state index is -0.189. The molecule has 0 aliphatic heterocycles. The lowest BCUT2D eigenvalue weighted by molar-refractivity contribution is 0.626. The molecule has 0 spiro atoms. The Labute approximate surface area is 126 Å². The predicted molar refractivity (Wildman–Crippen MR) is 83.7 cm³/mol. The van der Waals surface area contributed by atoms with E-state index in [1.807, 2.05) is 24.4 Å². The van der Waals surface area contributed by atoms with Crippen LogP contribution in [0.2, 0.25) is 0 Å². The molecule has 21 heavy (non-hydrogen) atoms. The van der Waals surface area contributed by atoms with Gasteiger partial charge in [-0.2, -0.15) is 5.10 Å². The molecule has 0 saturated carbocycles. The lowest BCUT2D eigenvalue weighted by Gasteiger charge is -2.05. The summed E-state index contributed by atoms with van der Waals surface area (Å²) in [4.78, 5) is 1.20. The van der Waals surface area contributed by atoms with Crippen LogP contribution >= 0.6 is 11.3 Å². The molecule has 3 rings (SSSR count). The number of hydrogen-bond donors (Lipinski definition) is 2. The van der Waals surface area contributed by atoms with Gasteiger partial charge in [0.15, 0.2) is 0 Å². The van der Waals surface area contributed by atoms with Gasteiger partial charge < -0.3 is 5.32 Å². The summed E-state index contributed by atoms with van der Waals surface area (Å²) in [6.07, 6.45) is 2.74. The molecule has 0 aliphatic rings. The fourth-order valence-corrected chi connectivity index (χ4v) is 2.94. The van der Waals surface area contributed by atoms with E-state index < -0.39 is 0 Å². The van der Waals surface area contributed by atoms with Gasteiger partial charge in [-0.25, -0.2) is 4.39 Å². The van der Waals surface area contributed by atoms with Crippen molar-refractivity contribution in [2.24, 2.45) is 0 Å². The number of benzene rings is 1. The maximum Gasteiger partial charge on any atom is 0.123 e. The Morgan fingerprint density at radius 3 is 2.81 bits per heavy atom. The van der Waals surface area contributed by atoms with Gasteiger partial charge in [-0.3, -0.25) is 5.10 Å². The van der Waals surface area contributed by atoms with E-state index in [2.05, 4.69) is 27.0 Å². The van der Waals surface area contributed by atoms with Crippen LogP contribution in [0.5, 0.6) is 0 Å². The minimum Gasteiger partial charge on any atom is -0.312 e. The van der Waals surface area contributed by atoms with Crippen molar-refractivity contribution in [3.8, 4) is 10.6 Å². The highest BCUT2D eigenvalue weighted by molar-refractivity contribution is 7.13. The molecule has 1 aromatic carbocycles. The number of nitrogens with zero attached hydrogens (tertiary/aromatic N) is 1. The normalized spacial score (nSPS) is 10.9. The Hall–Kier alpha value is -1.98. The number of nitrogens with one attached hydrogen (secondary N) is 2. The first kappa shape index (κ1) is 14.0. The van der Waals surface area contributed by atoms with Gasteiger partial charge in [0.2, 0.25) is 0 Å². The summed E-state index contributed by atoms with van der Waals surface area (Å²) in [7, 11) is 0. The molecule has 0 fully saturated rings. The molecule has 5 heteroatoms. The summed E-state index contributed by atoms with van der Waals surface area (Å²) >= 11 is 1.70. The Kier molecular flexibility index (Phi) is 4.43. The third kappa shape index (κ3) is 3.56. The molecule has 0 aliphatic carbocycles. The van der Waals surface area contributed by atoms with E-state index in [0.29, 0.717) is 0 Å². The number of hydrogen-bond acceptors (Lipinski definition) is 3. The number of rotatable bonds is 6. The Morgan fingerprint density at radius 2 is 2.05 bits per heavy atom. The maximum atomic E-state index is 12.8. The fourth-order valence-electron chi connectivity index (χ4n) is 2.19. The van der Waals surface area contributed by atoms with Gasteiger partial charge in [0, 0.05) is 12.1 Å². The van der Waals surface area contributed by atoms with Gasteiger partial charge >= 0.3 is 0 Å². The van der Waals surface area contributed by atoms with Gasteiger partial charge in [-0.05, 0) is 42.1 Å². The van der Waals surface area contributed by atoms with Crippen molar-refractivity contribution in [2.45, 2.75) is 13.0 Å². The Balaban J connectivity index is 1.52. The van der Waals surface area contributed by atoms with Crippen LogP contribution in [0.1, 0.15) is 11.1 Å². The Bertz CT molecular complexity index is 674. The molecule has 0 saturated heterocycles. The first-order valence-corrected chi connectivity index (χ1v) is 7.72. The molecule has 3 aromatic rings. The van der Waals surface area contributed by atoms with Crippen molar-refractivity contribution in [2.75, 3.05) is 6.54 Å². The van der Waals surface area contributed by atoms with Crippen LogP contribution < -0.4 is 5.32 Å². The van der Waals surface area contributed by atoms with Crippen LogP contribution in [0.15, 0.2) is 48.0 Å². The second-order valence-electron chi connectivity index (χ2n) is 4.80. The second kappa shape index (κ2) is 6.65. The molecular formula is C16H16FN3S. The highest BCUT2D eigenvalue weighted by Gasteiger charge is 2.07. The predicted octanol–water partition coefficient (Wildman–Crippen LogP) is 3.61. The zero-order valence-electron chi connectivity index (χ0n) is 11.5. The number of thiophene rings is 1. The second-order valence-corrected chi connectivity index (χ2v) is 5.75. The third-order valence-electron chi connectivity index (χ3n) is 3.30. The van der Waals surface area contributed by atoms with E-state index in [1.54, 1.807) is 11.3 Å². The van der Waals surface area contributed by atoms with E-state index in [4.69, 9.17) is 0 Å². The average molecular weight is 301 g/mol. The van der Waals surface area contributed by atoms with Crippen molar-refractivity contribution >= 4 is 11.3 Å². The van der Waals surface area contributed by atoms with Gasteiger partial charge in [-0.15, -0.1) is 11.3 Å². The summed E-state index contributed by atoms with van der Waals surface area (Å²) < 4.78 is 12.8. The first-order valence-electron chi connectivity index (χ1n) is 6.84. The van der Waals surface area contributed by atoms with Crippen LogP contribution in [0.25, 0.3) is 10.6 Å². The van der Waals surface area contributed by atoms with Crippen molar-refractivity contribution < 1.29 is 4.39 Å². The molecule has 0 radical (unpaired) electrons. The quantitative estimate of drug-likeness (QED) is 0.683.